The van der Waals surface area contributed by atoms with Crippen molar-refractivity contribution in [1.29, 1.82) is 0 Å². The number of benzene rings is 2. The number of halogens is 2. The van der Waals surface area contributed by atoms with Crippen LogP contribution in [0.25, 0.3) is 0 Å². The first-order valence-electron chi connectivity index (χ1n) is 7.24. The summed E-state index contributed by atoms with van der Waals surface area (Å²) in [7, 11) is 0. The van der Waals surface area contributed by atoms with Crippen LogP contribution in [0.2, 0.25) is 0 Å². The quantitative estimate of drug-likeness (QED) is 0.730. The number of phenols is 1. The molecule has 0 spiro atoms. The second-order valence-corrected chi connectivity index (χ2v) is 7.15. The second-order valence-electron chi connectivity index (χ2n) is 5.32. The number of nitrogens with one attached hydrogen (secondary N) is 1. The van der Waals surface area contributed by atoms with E-state index in [1.54, 1.807) is 6.07 Å². The summed E-state index contributed by atoms with van der Waals surface area (Å²) in [5.41, 5.74) is 2.43. The maximum Gasteiger partial charge on any atom is 0.232 e. The molecule has 23 heavy (non-hydrogen) atoms. The van der Waals surface area contributed by atoms with E-state index in [1.807, 2.05) is 31.2 Å². The van der Waals surface area contributed by atoms with E-state index in [1.165, 1.54) is 0 Å². The van der Waals surface area contributed by atoms with Gasteiger partial charge in [0.1, 0.15) is 0 Å². The standard InChI is InChI=1S/C17H15Br2NO3/c1-2-23-15-8-11(19)5-9(16(15)21)6-13-12-7-10(18)3-4-14(12)20-17(13)22/h3-5,7-8,13,21H,2,6H2,1H3,(H,20,22)/t13-/m1/s1. The molecule has 3 rings (SSSR count). The maximum atomic E-state index is 12.3. The topological polar surface area (TPSA) is 58.6 Å². The molecule has 1 heterocycles. The van der Waals surface area contributed by atoms with Gasteiger partial charge in [-0.25, -0.2) is 0 Å². The molecule has 120 valence electrons. The van der Waals surface area contributed by atoms with Gasteiger partial charge in [0, 0.05) is 14.6 Å². The Morgan fingerprint density at radius 2 is 2.00 bits per heavy atom. The summed E-state index contributed by atoms with van der Waals surface area (Å²) in [4.78, 5) is 12.3. The Labute approximate surface area is 151 Å². The average molecular weight is 441 g/mol. The normalized spacial score (nSPS) is 16.1. The van der Waals surface area contributed by atoms with Gasteiger partial charge < -0.3 is 15.2 Å². The van der Waals surface area contributed by atoms with E-state index in [0.717, 1.165) is 20.2 Å². The summed E-state index contributed by atoms with van der Waals surface area (Å²) in [5, 5.41) is 13.3. The number of phenolic OH excluding ortho intramolecular Hbond substituents is 1. The fraction of sp³-hybridized carbons (Fsp3) is 0.235. The van der Waals surface area contributed by atoms with Crippen LogP contribution < -0.4 is 10.1 Å². The van der Waals surface area contributed by atoms with E-state index in [9.17, 15) is 9.90 Å². The lowest BCUT2D eigenvalue weighted by Crippen LogP contribution is -2.14. The molecular weight excluding hydrogens is 426 g/mol. The van der Waals surface area contributed by atoms with Gasteiger partial charge in [-0.1, -0.05) is 31.9 Å². The molecule has 1 atom stereocenters. The second kappa shape index (κ2) is 6.53. The van der Waals surface area contributed by atoms with E-state index in [0.29, 0.717) is 24.3 Å². The smallest absolute Gasteiger partial charge is 0.232 e. The van der Waals surface area contributed by atoms with Crippen molar-refractivity contribution in [2.45, 2.75) is 19.3 Å². The molecule has 4 nitrogen and oxygen atoms in total. The van der Waals surface area contributed by atoms with Crippen molar-refractivity contribution in [2.75, 3.05) is 11.9 Å². The van der Waals surface area contributed by atoms with E-state index >= 15 is 0 Å². The molecule has 2 aromatic rings. The van der Waals surface area contributed by atoms with Gasteiger partial charge in [-0.2, -0.15) is 0 Å². The average Bonchev–Trinajstić information content (AvgIpc) is 2.80. The van der Waals surface area contributed by atoms with Crippen LogP contribution in [-0.4, -0.2) is 17.6 Å². The molecule has 0 aliphatic carbocycles. The summed E-state index contributed by atoms with van der Waals surface area (Å²) < 4.78 is 7.18. The van der Waals surface area contributed by atoms with Crippen molar-refractivity contribution in [3.8, 4) is 11.5 Å². The summed E-state index contributed by atoms with van der Waals surface area (Å²) in [6.45, 7) is 2.32. The van der Waals surface area contributed by atoms with Crippen LogP contribution in [0.15, 0.2) is 39.3 Å². The summed E-state index contributed by atoms with van der Waals surface area (Å²) in [6, 6.07) is 9.26. The Bertz CT molecular complexity index is 777. The summed E-state index contributed by atoms with van der Waals surface area (Å²) >= 11 is 6.87. The minimum absolute atomic E-state index is 0.0598. The van der Waals surface area contributed by atoms with E-state index in [-0.39, 0.29) is 17.6 Å². The number of hydrogen-bond acceptors (Lipinski definition) is 3. The third-order valence-corrected chi connectivity index (χ3v) is 4.76. The van der Waals surface area contributed by atoms with Gasteiger partial charge in [-0.15, -0.1) is 0 Å². The Morgan fingerprint density at radius 1 is 1.22 bits per heavy atom. The summed E-state index contributed by atoms with van der Waals surface area (Å²) in [5.74, 6) is 0.114. The molecule has 0 saturated carbocycles. The lowest BCUT2D eigenvalue weighted by atomic mass is 9.92. The largest absolute Gasteiger partial charge is 0.504 e. The molecule has 0 saturated heterocycles. The number of rotatable bonds is 4. The van der Waals surface area contributed by atoms with Crippen molar-refractivity contribution in [3.05, 3.63) is 50.4 Å². The third-order valence-electron chi connectivity index (χ3n) is 3.81. The van der Waals surface area contributed by atoms with E-state index < -0.39 is 0 Å². The zero-order valence-corrected chi connectivity index (χ0v) is 15.6. The number of amides is 1. The predicted molar refractivity (Wildman–Crippen MR) is 96.2 cm³/mol. The molecular formula is C17H15Br2NO3. The highest BCUT2D eigenvalue weighted by Crippen LogP contribution is 2.41. The molecule has 0 unspecified atom stereocenters. The van der Waals surface area contributed by atoms with Gasteiger partial charge in [-0.05, 0) is 54.8 Å². The number of ether oxygens (including phenoxy) is 1. The number of fused-ring (bicyclic) bond motifs is 1. The Kier molecular flexibility index (Phi) is 4.64. The fourth-order valence-corrected chi connectivity index (χ4v) is 3.63. The van der Waals surface area contributed by atoms with Gasteiger partial charge in [0.25, 0.3) is 0 Å². The third kappa shape index (κ3) is 3.23. The predicted octanol–water partition coefficient (Wildman–Crippen LogP) is 4.59. The van der Waals surface area contributed by atoms with Crippen LogP contribution >= 0.6 is 31.9 Å². The van der Waals surface area contributed by atoms with Crippen LogP contribution in [0.4, 0.5) is 5.69 Å². The lowest BCUT2D eigenvalue weighted by molar-refractivity contribution is -0.117. The van der Waals surface area contributed by atoms with Crippen LogP contribution in [0.1, 0.15) is 24.0 Å². The van der Waals surface area contributed by atoms with Crippen LogP contribution in [0.5, 0.6) is 11.5 Å². The minimum Gasteiger partial charge on any atom is -0.504 e. The number of hydrogen-bond donors (Lipinski definition) is 2. The molecule has 6 heteroatoms. The van der Waals surface area contributed by atoms with Crippen molar-refractivity contribution in [2.24, 2.45) is 0 Å². The lowest BCUT2D eigenvalue weighted by Gasteiger charge is -2.14. The van der Waals surface area contributed by atoms with E-state index in [2.05, 4.69) is 37.2 Å². The van der Waals surface area contributed by atoms with Crippen LogP contribution in [0, 0.1) is 0 Å². The molecule has 0 radical (unpaired) electrons. The number of aromatic hydroxyl groups is 1. The zero-order valence-electron chi connectivity index (χ0n) is 12.4. The molecule has 2 N–H and O–H groups in total. The molecule has 0 aromatic heterocycles. The first kappa shape index (κ1) is 16.3. The Morgan fingerprint density at radius 3 is 2.74 bits per heavy atom. The highest BCUT2D eigenvalue weighted by Gasteiger charge is 2.31. The zero-order chi connectivity index (χ0) is 16.6. The van der Waals surface area contributed by atoms with Gasteiger partial charge >= 0.3 is 0 Å². The van der Waals surface area contributed by atoms with Crippen LogP contribution in [0.3, 0.4) is 0 Å². The monoisotopic (exact) mass is 439 g/mol. The van der Waals surface area contributed by atoms with Gasteiger partial charge in [0.15, 0.2) is 11.5 Å². The van der Waals surface area contributed by atoms with Gasteiger partial charge in [-0.3, -0.25) is 4.79 Å². The molecule has 1 amide bonds. The number of carbonyl (C=O) groups excluding carboxylic acids is 1. The highest BCUT2D eigenvalue weighted by molar-refractivity contribution is 9.10. The molecule has 0 bridgehead atoms. The van der Waals surface area contributed by atoms with Crippen LogP contribution in [-0.2, 0) is 11.2 Å². The van der Waals surface area contributed by atoms with Crippen molar-refractivity contribution < 1.29 is 14.6 Å². The minimum atomic E-state index is -0.336. The Hall–Kier alpha value is -1.53. The van der Waals surface area contributed by atoms with Crippen molar-refractivity contribution >= 4 is 43.5 Å². The SMILES string of the molecule is CCOc1cc(Br)cc(C[C@H]2C(=O)Nc3ccc(Br)cc32)c1O. The number of carbonyl (C=O) groups is 1. The highest BCUT2D eigenvalue weighted by atomic mass is 79.9. The summed E-state index contributed by atoms with van der Waals surface area (Å²) in [6.07, 6.45) is 0.403. The first-order chi connectivity index (χ1) is 11.0. The molecule has 0 fully saturated rings. The molecule has 2 aromatic carbocycles. The van der Waals surface area contributed by atoms with Gasteiger partial charge in [0.2, 0.25) is 5.91 Å². The van der Waals surface area contributed by atoms with Crippen molar-refractivity contribution in [1.82, 2.24) is 0 Å². The molecule has 1 aliphatic heterocycles. The number of anilines is 1. The Balaban J connectivity index is 1.97. The maximum absolute atomic E-state index is 12.3. The van der Waals surface area contributed by atoms with E-state index in [4.69, 9.17) is 4.74 Å². The van der Waals surface area contributed by atoms with Crippen molar-refractivity contribution in [3.63, 3.8) is 0 Å². The van der Waals surface area contributed by atoms with Gasteiger partial charge in [0.05, 0.1) is 12.5 Å². The fourth-order valence-electron chi connectivity index (χ4n) is 2.77. The first-order valence-corrected chi connectivity index (χ1v) is 8.82. The molecule has 1 aliphatic rings.